The molecule has 78 valence electrons. The third kappa shape index (κ3) is 5.57. The SMILES string of the molecule is CC(C)C(O)COCC(O)C(=O)O. The lowest BCUT2D eigenvalue weighted by Gasteiger charge is -2.15. The predicted octanol–water partition coefficient (Wildman–Crippen LogP) is -0.535. The number of ether oxygens (including phenoxy) is 1. The lowest BCUT2D eigenvalue weighted by atomic mass is 10.1. The summed E-state index contributed by atoms with van der Waals surface area (Å²) in [6.45, 7) is 3.39. The molecule has 5 heteroatoms. The van der Waals surface area contributed by atoms with Crippen LogP contribution in [0.1, 0.15) is 13.8 Å². The predicted molar refractivity (Wildman–Crippen MR) is 45.3 cm³/mol. The monoisotopic (exact) mass is 192 g/mol. The Morgan fingerprint density at radius 2 is 1.85 bits per heavy atom. The van der Waals surface area contributed by atoms with E-state index in [1.807, 2.05) is 13.8 Å². The van der Waals surface area contributed by atoms with Gasteiger partial charge in [0, 0.05) is 0 Å². The number of aliphatic carboxylic acids is 1. The van der Waals surface area contributed by atoms with Gasteiger partial charge in [0.05, 0.1) is 19.3 Å². The summed E-state index contributed by atoms with van der Waals surface area (Å²) in [5, 5.41) is 26.3. The Kier molecular flexibility index (Phi) is 5.61. The van der Waals surface area contributed by atoms with Crippen LogP contribution in [0.3, 0.4) is 0 Å². The molecule has 5 nitrogen and oxygen atoms in total. The van der Waals surface area contributed by atoms with Gasteiger partial charge in [-0.1, -0.05) is 13.8 Å². The maximum atomic E-state index is 10.1. The molecule has 0 aliphatic rings. The minimum Gasteiger partial charge on any atom is -0.479 e. The lowest BCUT2D eigenvalue weighted by Crippen LogP contribution is -2.29. The molecular formula is C8H16O5. The van der Waals surface area contributed by atoms with Gasteiger partial charge >= 0.3 is 5.97 Å². The Bertz CT molecular complexity index is 157. The van der Waals surface area contributed by atoms with Crippen molar-refractivity contribution in [2.75, 3.05) is 13.2 Å². The topological polar surface area (TPSA) is 87.0 Å². The Labute approximate surface area is 77.0 Å². The van der Waals surface area contributed by atoms with Crippen molar-refractivity contribution < 1.29 is 24.9 Å². The standard InChI is InChI=1S/C8H16O5/c1-5(2)6(9)3-13-4-7(10)8(11)12/h5-7,9-10H,3-4H2,1-2H3,(H,11,12). The molecule has 0 heterocycles. The first-order valence-electron chi connectivity index (χ1n) is 4.11. The number of carbonyl (C=O) groups is 1. The van der Waals surface area contributed by atoms with Gasteiger partial charge in [-0.15, -0.1) is 0 Å². The van der Waals surface area contributed by atoms with E-state index in [1.54, 1.807) is 0 Å². The van der Waals surface area contributed by atoms with Crippen LogP contribution in [-0.2, 0) is 9.53 Å². The van der Waals surface area contributed by atoms with Crippen LogP contribution in [0.25, 0.3) is 0 Å². The van der Waals surface area contributed by atoms with Crippen molar-refractivity contribution in [3.05, 3.63) is 0 Å². The molecular weight excluding hydrogens is 176 g/mol. The average molecular weight is 192 g/mol. The van der Waals surface area contributed by atoms with Crippen molar-refractivity contribution in [3.63, 3.8) is 0 Å². The number of carboxylic acids is 1. The molecule has 0 fully saturated rings. The van der Waals surface area contributed by atoms with Crippen molar-refractivity contribution in [3.8, 4) is 0 Å². The van der Waals surface area contributed by atoms with Gasteiger partial charge in [-0.3, -0.25) is 0 Å². The first kappa shape index (κ1) is 12.3. The summed E-state index contributed by atoms with van der Waals surface area (Å²) in [5.74, 6) is -1.26. The van der Waals surface area contributed by atoms with Gasteiger partial charge in [-0.2, -0.15) is 0 Å². The molecule has 0 aromatic heterocycles. The molecule has 0 bridgehead atoms. The Morgan fingerprint density at radius 3 is 2.23 bits per heavy atom. The van der Waals surface area contributed by atoms with E-state index in [9.17, 15) is 9.90 Å². The molecule has 0 amide bonds. The van der Waals surface area contributed by atoms with Crippen LogP contribution < -0.4 is 0 Å². The fourth-order valence-corrected chi connectivity index (χ4v) is 0.564. The fourth-order valence-electron chi connectivity index (χ4n) is 0.564. The van der Waals surface area contributed by atoms with Crippen molar-refractivity contribution in [2.24, 2.45) is 5.92 Å². The first-order valence-corrected chi connectivity index (χ1v) is 4.11. The minimum atomic E-state index is -1.51. The molecule has 0 rings (SSSR count). The van der Waals surface area contributed by atoms with Gasteiger partial charge in [-0.25, -0.2) is 4.79 Å². The normalized spacial score (nSPS) is 15.8. The molecule has 13 heavy (non-hydrogen) atoms. The van der Waals surface area contributed by atoms with Crippen molar-refractivity contribution in [1.29, 1.82) is 0 Å². The van der Waals surface area contributed by atoms with Gasteiger partial charge in [0.25, 0.3) is 0 Å². The third-order valence-electron chi connectivity index (χ3n) is 1.62. The molecule has 0 saturated carbocycles. The van der Waals surface area contributed by atoms with E-state index in [4.69, 9.17) is 14.9 Å². The quantitative estimate of drug-likeness (QED) is 0.526. The van der Waals surface area contributed by atoms with Crippen LogP contribution in [0, 0.1) is 5.92 Å². The second-order valence-electron chi connectivity index (χ2n) is 3.20. The van der Waals surface area contributed by atoms with Gasteiger partial charge in [0.1, 0.15) is 0 Å². The van der Waals surface area contributed by atoms with E-state index in [1.165, 1.54) is 0 Å². The van der Waals surface area contributed by atoms with E-state index in [0.717, 1.165) is 0 Å². The third-order valence-corrected chi connectivity index (χ3v) is 1.62. The van der Waals surface area contributed by atoms with E-state index >= 15 is 0 Å². The molecule has 0 aliphatic heterocycles. The highest BCUT2D eigenvalue weighted by Crippen LogP contribution is 2.01. The van der Waals surface area contributed by atoms with Crippen molar-refractivity contribution >= 4 is 5.97 Å². The number of aliphatic hydroxyl groups excluding tert-OH is 2. The van der Waals surface area contributed by atoms with Crippen LogP contribution >= 0.6 is 0 Å². The van der Waals surface area contributed by atoms with E-state index in [-0.39, 0.29) is 19.1 Å². The summed E-state index contributed by atoms with van der Waals surface area (Å²) < 4.78 is 4.80. The van der Waals surface area contributed by atoms with Gasteiger partial charge < -0.3 is 20.1 Å². The van der Waals surface area contributed by atoms with Gasteiger partial charge in [0.15, 0.2) is 6.10 Å². The summed E-state index contributed by atoms with van der Waals surface area (Å²) >= 11 is 0. The largest absolute Gasteiger partial charge is 0.479 e. The fraction of sp³-hybridized carbons (Fsp3) is 0.875. The van der Waals surface area contributed by atoms with E-state index in [2.05, 4.69) is 0 Å². The number of hydrogen-bond acceptors (Lipinski definition) is 4. The summed E-state index contributed by atoms with van der Waals surface area (Å²) in [4.78, 5) is 10.1. The molecule has 0 spiro atoms. The van der Waals surface area contributed by atoms with Crippen LogP contribution in [0.4, 0.5) is 0 Å². The smallest absolute Gasteiger partial charge is 0.334 e. The Morgan fingerprint density at radius 1 is 1.31 bits per heavy atom. The van der Waals surface area contributed by atoms with E-state index in [0.29, 0.717) is 0 Å². The molecule has 3 N–H and O–H groups in total. The zero-order valence-electron chi connectivity index (χ0n) is 7.80. The zero-order chi connectivity index (χ0) is 10.4. The number of rotatable bonds is 6. The highest BCUT2D eigenvalue weighted by Gasteiger charge is 2.15. The summed E-state index contributed by atoms with van der Waals surface area (Å²) in [7, 11) is 0. The Hall–Kier alpha value is -0.650. The molecule has 0 aliphatic carbocycles. The second kappa shape index (κ2) is 5.90. The molecule has 0 saturated heterocycles. The zero-order valence-corrected chi connectivity index (χ0v) is 7.80. The van der Waals surface area contributed by atoms with Crippen molar-refractivity contribution in [1.82, 2.24) is 0 Å². The summed E-state index contributed by atoms with van der Waals surface area (Å²) in [6, 6.07) is 0. The second-order valence-corrected chi connectivity index (χ2v) is 3.20. The highest BCUT2D eigenvalue weighted by atomic mass is 16.5. The Balaban J connectivity index is 3.50. The number of carboxylic acid groups (broad SMARTS) is 1. The maximum Gasteiger partial charge on any atom is 0.334 e. The highest BCUT2D eigenvalue weighted by molar-refractivity contribution is 5.71. The molecule has 0 radical (unpaired) electrons. The number of hydrogen-bond donors (Lipinski definition) is 3. The molecule has 0 aromatic rings. The van der Waals surface area contributed by atoms with Crippen molar-refractivity contribution in [2.45, 2.75) is 26.1 Å². The first-order chi connectivity index (χ1) is 5.95. The number of aliphatic hydroxyl groups is 2. The minimum absolute atomic E-state index is 0.0437. The van der Waals surface area contributed by atoms with Gasteiger partial charge in [0.2, 0.25) is 0 Å². The molecule has 2 unspecified atom stereocenters. The van der Waals surface area contributed by atoms with Crippen LogP contribution in [0.5, 0.6) is 0 Å². The molecule has 2 atom stereocenters. The van der Waals surface area contributed by atoms with Crippen LogP contribution in [0.2, 0.25) is 0 Å². The average Bonchev–Trinajstić information content (AvgIpc) is 2.03. The van der Waals surface area contributed by atoms with E-state index < -0.39 is 18.2 Å². The maximum absolute atomic E-state index is 10.1. The van der Waals surface area contributed by atoms with Crippen LogP contribution in [0.15, 0.2) is 0 Å². The summed E-state index contributed by atoms with van der Waals surface area (Å²) in [5.41, 5.74) is 0. The van der Waals surface area contributed by atoms with Gasteiger partial charge in [-0.05, 0) is 5.92 Å². The molecule has 0 aromatic carbocycles. The lowest BCUT2D eigenvalue weighted by molar-refractivity contribution is -0.150. The van der Waals surface area contributed by atoms with Crippen LogP contribution in [-0.4, -0.2) is 46.7 Å². The summed E-state index contributed by atoms with van der Waals surface area (Å²) in [6.07, 6.45) is -2.14.